The molecule has 0 spiro atoms. The molecule has 1 unspecified atom stereocenters. The Balaban J connectivity index is 2.66. The van der Waals surface area contributed by atoms with Crippen molar-refractivity contribution in [3.63, 3.8) is 0 Å². The minimum atomic E-state index is -0.497. The van der Waals surface area contributed by atoms with E-state index in [0.29, 0.717) is 17.2 Å². The van der Waals surface area contributed by atoms with Gasteiger partial charge in [-0.3, -0.25) is 4.79 Å². The molecular weight excluding hydrogens is 234 g/mol. The third-order valence-electron chi connectivity index (χ3n) is 2.42. The highest BCUT2D eigenvalue weighted by atomic mass is 32.2. The normalized spacial score (nSPS) is 12.1. The van der Waals surface area contributed by atoms with Crippen molar-refractivity contribution in [1.29, 1.82) is 0 Å². The number of rotatable bonds is 6. The van der Waals surface area contributed by atoms with Crippen LogP contribution >= 0.6 is 11.8 Å². The van der Waals surface area contributed by atoms with E-state index in [4.69, 9.17) is 11.5 Å². The van der Waals surface area contributed by atoms with Crippen molar-refractivity contribution < 1.29 is 4.79 Å². The zero-order valence-corrected chi connectivity index (χ0v) is 11.0. The predicted molar refractivity (Wildman–Crippen MR) is 75.4 cm³/mol. The van der Waals surface area contributed by atoms with Gasteiger partial charge in [0.05, 0.1) is 5.56 Å². The number of nitrogen functional groups attached to an aromatic ring is 1. The molecular formula is C12H19N3OS. The minimum absolute atomic E-state index is 0.368. The third-order valence-corrected chi connectivity index (χ3v) is 3.33. The summed E-state index contributed by atoms with van der Waals surface area (Å²) in [6.45, 7) is 3.04. The van der Waals surface area contributed by atoms with Gasteiger partial charge in [0.15, 0.2) is 0 Å². The lowest BCUT2D eigenvalue weighted by molar-refractivity contribution is 0.100. The maximum atomic E-state index is 11.1. The fraction of sp³-hybridized carbons (Fsp3) is 0.417. The summed E-state index contributed by atoms with van der Waals surface area (Å²) in [5.74, 6) is 1.17. The van der Waals surface area contributed by atoms with Crippen molar-refractivity contribution in [2.24, 2.45) is 11.7 Å². The molecule has 0 saturated heterocycles. The van der Waals surface area contributed by atoms with E-state index in [-0.39, 0.29) is 0 Å². The van der Waals surface area contributed by atoms with Gasteiger partial charge in [0.1, 0.15) is 0 Å². The van der Waals surface area contributed by atoms with Crippen LogP contribution in [0.25, 0.3) is 0 Å². The van der Waals surface area contributed by atoms with E-state index >= 15 is 0 Å². The SMILES string of the molecule is CSCC(C)CNc1ccc(N)c(C(N)=O)c1. The quantitative estimate of drug-likeness (QED) is 0.675. The van der Waals surface area contributed by atoms with E-state index in [9.17, 15) is 4.79 Å². The molecule has 1 aromatic carbocycles. The van der Waals surface area contributed by atoms with E-state index in [0.717, 1.165) is 18.0 Å². The lowest BCUT2D eigenvalue weighted by Crippen LogP contribution is -2.16. The summed E-state index contributed by atoms with van der Waals surface area (Å²) >= 11 is 1.82. The van der Waals surface area contributed by atoms with Crippen molar-refractivity contribution in [2.75, 3.05) is 29.6 Å². The number of nitrogens with one attached hydrogen (secondary N) is 1. The van der Waals surface area contributed by atoms with Crippen LogP contribution in [0.5, 0.6) is 0 Å². The lowest BCUT2D eigenvalue weighted by atomic mass is 10.1. The zero-order valence-electron chi connectivity index (χ0n) is 10.2. The average Bonchev–Trinajstić information content (AvgIpc) is 2.28. The standard InChI is InChI=1S/C12H19N3OS/c1-8(7-17-2)6-15-9-3-4-11(13)10(5-9)12(14)16/h3-5,8,15H,6-7,13H2,1-2H3,(H2,14,16). The summed E-state index contributed by atoms with van der Waals surface area (Å²) in [7, 11) is 0. The van der Waals surface area contributed by atoms with Gasteiger partial charge in [-0.05, 0) is 36.1 Å². The van der Waals surface area contributed by atoms with Gasteiger partial charge < -0.3 is 16.8 Å². The smallest absolute Gasteiger partial charge is 0.250 e. The largest absolute Gasteiger partial charge is 0.398 e. The van der Waals surface area contributed by atoms with Crippen LogP contribution < -0.4 is 16.8 Å². The Hall–Kier alpha value is -1.36. The van der Waals surface area contributed by atoms with Gasteiger partial charge in [-0.1, -0.05) is 6.92 Å². The summed E-state index contributed by atoms with van der Waals surface area (Å²) in [6.07, 6.45) is 2.09. The maximum absolute atomic E-state index is 11.1. The molecule has 0 aliphatic carbocycles. The number of benzene rings is 1. The second-order valence-corrected chi connectivity index (χ2v) is 5.02. The Labute approximate surface area is 106 Å². The molecule has 0 aliphatic rings. The van der Waals surface area contributed by atoms with E-state index in [2.05, 4.69) is 18.5 Å². The Morgan fingerprint density at radius 1 is 1.53 bits per heavy atom. The van der Waals surface area contributed by atoms with Crippen molar-refractivity contribution in [2.45, 2.75) is 6.92 Å². The van der Waals surface area contributed by atoms with Crippen molar-refractivity contribution in [1.82, 2.24) is 0 Å². The fourth-order valence-electron chi connectivity index (χ4n) is 1.52. The number of anilines is 2. The lowest BCUT2D eigenvalue weighted by Gasteiger charge is -2.13. The van der Waals surface area contributed by atoms with Crippen LogP contribution in [0, 0.1) is 5.92 Å². The topological polar surface area (TPSA) is 81.1 Å². The molecule has 0 saturated carbocycles. The summed E-state index contributed by atoms with van der Waals surface area (Å²) in [5, 5.41) is 3.28. The molecule has 1 aromatic rings. The highest BCUT2D eigenvalue weighted by molar-refractivity contribution is 7.98. The van der Waals surface area contributed by atoms with Gasteiger partial charge in [-0.15, -0.1) is 0 Å². The molecule has 1 rings (SSSR count). The van der Waals surface area contributed by atoms with Crippen LogP contribution in [0.3, 0.4) is 0 Å². The summed E-state index contributed by atoms with van der Waals surface area (Å²) in [6, 6.07) is 5.25. The first-order valence-electron chi connectivity index (χ1n) is 5.46. The zero-order chi connectivity index (χ0) is 12.8. The molecule has 5 N–H and O–H groups in total. The highest BCUT2D eigenvalue weighted by Crippen LogP contribution is 2.18. The summed E-state index contributed by atoms with van der Waals surface area (Å²) in [4.78, 5) is 11.1. The minimum Gasteiger partial charge on any atom is -0.398 e. The van der Waals surface area contributed by atoms with Gasteiger partial charge in [-0.2, -0.15) is 11.8 Å². The fourth-order valence-corrected chi connectivity index (χ4v) is 2.20. The monoisotopic (exact) mass is 253 g/mol. The number of nitrogens with two attached hydrogens (primary N) is 2. The molecule has 4 nitrogen and oxygen atoms in total. The first-order chi connectivity index (χ1) is 8.04. The highest BCUT2D eigenvalue weighted by Gasteiger charge is 2.07. The number of carbonyl (C=O) groups excluding carboxylic acids is 1. The van der Waals surface area contributed by atoms with Crippen molar-refractivity contribution in [3.05, 3.63) is 23.8 Å². The molecule has 94 valence electrons. The summed E-state index contributed by atoms with van der Waals surface area (Å²) in [5.41, 5.74) is 12.6. The summed E-state index contributed by atoms with van der Waals surface area (Å²) < 4.78 is 0. The molecule has 0 fully saturated rings. The molecule has 0 aromatic heterocycles. The number of thioether (sulfide) groups is 1. The average molecular weight is 253 g/mol. The van der Waals surface area contributed by atoms with Crippen LogP contribution in [-0.4, -0.2) is 24.5 Å². The first-order valence-corrected chi connectivity index (χ1v) is 6.86. The number of hydrogen-bond acceptors (Lipinski definition) is 4. The Kier molecular flexibility index (Phi) is 5.15. The van der Waals surface area contributed by atoms with Gasteiger partial charge in [0, 0.05) is 17.9 Å². The van der Waals surface area contributed by atoms with E-state index in [1.54, 1.807) is 12.1 Å². The second kappa shape index (κ2) is 6.39. The van der Waals surface area contributed by atoms with Crippen LogP contribution in [0.4, 0.5) is 11.4 Å². The van der Waals surface area contributed by atoms with Gasteiger partial charge in [-0.25, -0.2) is 0 Å². The van der Waals surface area contributed by atoms with E-state index in [1.165, 1.54) is 0 Å². The molecule has 0 heterocycles. The van der Waals surface area contributed by atoms with E-state index in [1.807, 2.05) is 17.8 Å². The van der Waals surface area contributed by atoms with Crippen LogP contribution in [0.1, 0.15) is 17.3 Å². The van der Waals surface area contributed by atoms with Gasteiger partial charge in [0.25, 0.3) is 5.91 Å². The van der Waals surface area contributed by atoms with Gasteiger partial charge >= 0.3 is 0 Å². The third kappa shape index (κ3) is 4.19. The molecule has 17 heavy (non-hydrogen) atoms. The van der Waals surface area contributed by atoms with Crippen LogP contribution in [0.15, 0.2) is 18.2 Å². The first kappa shape index (κ1) is 13.7. The Bertz CT molecular complexity index is 395. The Morgan fingerprint density at radius 3 is 2.82 bits per heavy atom. The number of amides is 1. The molecule has 0 aliphatic heterocycles. The van der Waals surface area contributed by atoms with Crippen LogP contribution in [-0.2, 0) is 0 Å². The predicted octanol–water partition coefficient (Wildman–Crippen LogP) is 1.78. The number of hydrogen-bond donors (Lipinski definition) is 3. The molecule has 0 bridgehead atoms. The molecule has 1 amide bonds. The number of carbonyl (C=O) groups is 1. The van der Waals surface area contributed by atoms with Crippen molar-refractivity contribution in [3.8, 4) is 0 Å². The van der Waals surface area contributed by atoms with Gasteiger partial charge in [0.2, 0.25) is 0 Å². The second-order valence-electron chi connectivity index (χ2n) is 4.11. The molecule has 0 radical (unpaired) electrons. The molecule has 5 heteroatoms. The number of primary amides is 1. The molecule has 1 atom stereocenters. The van der Waals surface area contributed by atoms with E-state index < -0.39 is 5.91 Å². The maximum Gasteiger partial charge on any atom is 0.250 e. The Morgan fingerprint density at radius 2 is 2.24 bits per heavy atom. The van der Waals surface area contributed by atoms with Crippen LogP contribution in [0.2, 0.25) is 0 Å². The van der Waals surface area contributed by atoms with Crippen molar-refractivity contribution >= 4 is 29.0 Å².